The molecule has 2 amide bonds. The molecular formula is C13H13BrN2O5S. The van der Waals surface area contributed by atoms with Gasteiger partial charge in [0, 0.05) is 16.8 Å². The standard InChI is InChI=1S/C13H13BrN2O5S/c1-22(20,21)8-2-3-10(9(14)6-8)15-11-7-12(18)16(4-5-17)13(11)19/h2-3,6-7,15,17H,4-5H2,1H3. The van der Waals surface area contributed by atoms with Crippen LogP contribution in [0.3, 0.4) is 0 Å². The number of hydrogen-bond acceptors (Lipinski definition) is 6. The molecule has 1 heterocycles. The third-order valence-corrected chi connectivity index (χ3v) is 4.74. The summed E-state index contributed by atoms with van der Waals surface area (Å²) >= 11 is 3.22. The Hall–Kier alpha value is -1.71. The molecule has 0 bridgehead atoms. The molecule has 0 aromatic heterocycles. The molecule has 0 radical (unpaired) electrons. The van der Waals surface area contributed by atoms with Gasteiger partial charge in [-0.1, -0.05) is 0 Å². The van der Waals surface area contributed by atoms with E-state index in [0.29, 0.717) is 10.2 Å². The lowest BCUT2D eigenvalue weighted by molar-refractivity contribution is -0.137. The largest absolute Gasteiger partial charge is 0.395 e. The van der Waals surface area contributed by atoms with Crippen LogP contribution in [0.25, 0.3) is 0 Å². The number of hydrogen-bond donors (Lipinski definition) is 2. The molecule has 22 heavy (non-hydrogen) atoms. The number of benzene rings is 1. The van der Waals surface area contributed by atoms with Crippen LogP contribution in [0, 0.1) is 0 Å². The third kappa shape index (κ3) is 3.37. The molecule has 0 spiro atoms. The van der Waals surface area contributed by atoms with Crippen LogP contribution < -0.4 is 5.32 Å². The normalized spacial score (nSPS) is 15.2. The van der Waals surface area contributed by atoms with E-state index in [2.05, 4.69) is 21.2 Å². The van der Waals surface area contributed by atoms with E-state index >= 15 is 0 Å². The Bertz CT molecular complexity index is 773. The minimum Gasteiger partial charge on any atom is -0.395 e. The highest BCUT2D eigenvalue weighted by Crippen LogP contribution is 2.28. The van der Waals surface area contributed by atoms with Crippen LogP contribution in [0.4, 0.5) is 5.69 Å². The van der Waals surface area contributed by atoms with Crippen LogP contribution in [0.15, 0.2) is 39.3 Å². The van der Waals surface area contributed by atoms with Gasteiger partial charge in [-0.25, -0.2) is 8.42 Å². The van der Waals surface area contributed by atoms with E-state index in [1.165, 1.54) is 18.2 Å². The Balaban J connectivity index is 2.24. The van der Waals surface area contributed by atoms with Crippen molar-refractivity contribution in [2.45, 2.75) is 4.90 Å². The quantitative estimate of drug-likeness (QED) is 0.712. The fraction of sp³-hybridized carbons (Fsp3) is 0.231. The second kappa shape index (κ2) is 6.19. The predicted octanol–water partition coefficient (Wildman–Crippen LogP) is 0.509. The van der Waals surface area contributed by atoms with Gasteiger partial charge in [0.1, 0.15) is 5.70 Å². The average Bonchev–Trinajstić information content (AvgIpc) is 2.68. The van der Waals surface area contributed by atoms with Crippen molar-refractivity contribution >= 4 is 43.3 Å². The zero-order chi connectivity index (χ0) is 16.5. The Morgan fingerprint density at radius 1 is 1.32 bits per heavy atom. The first-order valence-corrected chi connectivity index (χ1v) is 8.87. The first-order chi connectivity index (χ1) is 10.2. The van der Waals surface area contributed by atoms with Gasteiger partial charge in [-0.2, -0.15) is 0 Å². The monoisotopic (exact) mass is 388 g/mol. The van der Waals surface area contributed by atoms with Gasteiger partial charge >= 0.3 is 0 Å². The van der Waals surface area contributed by atoms with Crippen molar-refractivity contribution in [2.24, 2.45) is 0 Å². The number of carbonyl (C=O) groups excluding carboxylic acids is 2. The number of rotatable bonds is 5. The van der Waals surface area contributed by atoms with Crippen molar-refractivity contribution in [1.29, 1.82) is 0 Å². The lowest BCUT2D eigenvalue weighted by Gasteiger charge is -2.14. The van der Waals surface area contributed by atoms with Crippen molar-refractivity contribution in [3.05, 3.63) is 34.4 Å². The van der Waals surface area contributed by atoms with Gasteiger partial charge in [-0.05, 0) is 34.1 Å². The minimum absolute atomic E-state index is 0.0613. The van der Waals surface area contributed by atoms with Gasteiger partial charge in [0.15, 0.2) is 9.84 Å². The van der Waals surface area contributed by atoms with Gasteiger partial charge < -0.3 is 10.4 Å². The zero-order valence-corrected chi connectivity index (χ0v) is 13.9. The van der Waals surface area contributed by atoms with Crippen LogP contribution in [0.5, 0.6) is 0 Å². The topological polar surface area (TPSA) is 104 Å². The van der Waals surface area contributed by atoms with Crippen molar-refractivity contribution in [1.82, 2.24) is 4.90 Å². The highest BCUT2D eigenvalue weighted by Gasteiger charge is 2.30. The van der Waals surface area contributed by atoms with Gasteiger partial charge in [0.05, 0.1) is 23.7 Å². The fourth-order valence-corrected chi connectivity index (χ4v) is 3.16. The van der Waals surface area contributed by atoms with Gasteiger partial charge in [0.25, 0.3) is 11.8 Å². The Kier molecular flexibility index (Phi) is 4.69. The number of aliphatic hydroxyl groups is 1. The molecule has 2 rings (SSSR count). The molecule has 7 nitrogen and oxygen atoms in total. The van der Waals surface area contributed by atoms with E-state index in [1.54, 1.807) is 0 Å². The number of halogens is 1. The molecule has 0 aliphatic carbocycles. The summed E-state index contributed by atoms with van der Waals surface area (Å²) in [5, 5.41) is 11.6. The highest BCUT2D eigenvalue weighted by atomic mass is 79.9. The Morgan fingerprint density at radius 3 is 2.55 bits per heavy atom. The van der Waals surface area contributed by atoms with Crippen LogP contribution in [-0.2, 0) is 19.4 Å². The SMILES string of the molecule is CS(=O)(=O)c1ccc(NC2=CC(=O)N(CCO)C2=O)c(Br)c1. The molecule has 0 unspecified atom stereocenters. The third-order valence-electron chi connectivity index (χ3n) is 2.97. The summed E-state index contributed by atoms with van der Waals surface area (Å²) in [4.78, 5) is 24.7. The molecule has 118 valence electrons. The highest BCUT2D eigenvalue weighted by molar-refractivity contribution is 9.10. The maximum absolute atomic E-state index is 12.0. The summed E-state index contributed by atoms with van der Waals surface area (Å²) in [7, 11) is -3.33. The number of amides is 2. The number of nitrogens with one attached hydrogen (secondary N) is 1. The summed E-state index contributed by atoms with van der Waals surface area (Å²) < 4.78 is 23.4. The number of nitrogens with zero attached hydrogens (tertiary/aromatic N) is 1. The predicted molar refractivity (Wildman–Crippen MR) is 82.8 cm³/mol. The van der Waals surface area contributed by atoms with Crippen LogP contribution in [0.2, 0.25) is 0 Å². The van der Waals surface area contributed by atoms with Crippen LogP contribution in [-0.4, -0.2) is 49.6 Å². The number of aliphatic hydroxyl groups excluding tert-OH is 1. The summed E-state index contributed by atoms with van der Waals surface area (Å²) in [5.41, 5.74) is 0.511. The van der Waals surface area contributed by atoms with E-state index in [9.17, 15) is 18.0 Å². The summed E-state index contributed by atoms with van der Waals surface area (Å²) in [5.74, 6) is -1.05. The van der Waals surface area contributed by atoms with Crippen molar-refractivity contribution in [3.8, 4) is 0 Å². The number of carbonyl (C=O) groups is 2. The van der Waals surface area contributed by atoms with E-state index in [1.807, 2.05) is 0 Å². The maximum atomic E-state index is 12.0. The first-order valence-electron chi connectivity index (χ1n) is 6.19. The molecule has 1 aliphatic rings. The second-order valence-electron chi connectivity index (χ2n) is 4.62. The first kappa shape index (κ1) is 16.7. The lowest BCUT2D eigenvalue weighted by atomic mass is 10.3. The Morgan fingerprint density at radius 2 is 2.00 bits per heavy atom. The molecule has 0 atom stereocenters. The van der Waals surface area contributed by atoms with Crippen molar-refractivity contribution in [3.63, 3.8) is 0 Å². The molecule has 1 aliphatic heterocycles. The van der Waals surface area contributed by atoms with Crippen molar-refractivity contribution < 1.29 is 23.1 Å². The van der Waals surface area contributed by atoms with E-state index in [0.717, 1.165) is 17.2 Å². The zero-order valence-electron chi connectivity index (χ0n) is 11.5. The maximum Gasteiger partial charge on any atom is 0.277 e. The summed E-state index contributed by atoms with van der Waals surface area (Å²) in [6, 6.07) is 4.30. The summed E-state index contributed by atoms with van der Waals surface area (Å²) in [6.07, 6.45) is 2.23. The van der Waals surface area contributed by atoms with E-state index < -0.39 is 21.7 Å². The molecule has 0 saturated carbocycles. The fourth-order valence-electron chi connectivity index (χ4n) is 1.88. The van der Waals surface area contributed by atoms with Gasteiger partial charge in [0.2, 0.25) is 0 Å². The minimum atomic E-state index is -3.33. The van der Waals surface area contributed by atoms with E-state index in [4.69, 9.17) is 5.11 Å². The van der Waals surface area contributed by atoms with Crippen LogP contribution in [0.1, 0.15) is 0 Å². The molecule has 1 aromatic rings. The number of sulfone groups is 1. The molecular weight excluding hydrogens is 376 g/mol. The number of imide groups is 1. The molecule has 9 heteroatoms. The molecule has 0 saturated heterocycles. The second-order valence-corrected chi connectivity index (χ2v) is 7.49. The molecule has 1 aromatic carbocycles. The number of anilines is 1. The van der Waals surface area contributed by atoms with Gasteiger partial charge in [-0.3, -0.25) is 14.5 Å². The average molecular weight is 389 g/mol. The van der Waals surface area contributed by atoms with E-state index in [-0.39, 0.29) is 23.7 Å². The van der Waals surface area contributed by atoms with Gasteiger partial charge in [-0.15, -0.1) is 0 Å². The Labute approximate surface area is 135 Å². The smallest absolute Gasteiger partial charge is 0.277 e. The summed E-state index contributed by atoms with van der Waals surface area (Å²) in [6.45, 7) is -0.390. The number of β-amino-alcohol motifs (C(OH)–C–C–N with tert-alkyl or cyclic N) is 1. The van der Waals surface area contributed by atoms with Crippen LogP contribution >= 0.6 is 15.9 Å². The van der Waals surface area contributed by atoms with Crippen molar-refractivity contribution in [2.75, 3.05) is 24.7 Å². The molecule has 2 N–H and O–H groups in total. The lowest BCUT2D eigenvalue weighted by Crippen LogP contribution is -2.34. The molecule has 0 fully saturated rings.